The molecule has 0 saturated carbocycles. The van der Waals surface area contributed by atoms with Crippen molar-refractivity contribution < 1.29 is 24.7 Å². The van der Waals surface area contributed by atoms with Gasteiger partial charge in [0, 0.05) is 12.6 Å². The van der Waals surface area contributed by atoms with Gasteiger partial charge in [-0.1, -0.05) is 17.7 Å². The lowest BCUT2D eigenvalue weighted by atomic mass is 10.0. The molecule has 0 spiro atoms. The molecule has 1 aromatic carbocycles. The number of nitro benzene ring substituents is 1. The molecule has 3 N–H and O–H groups in total. The number of hydrogen-bond donors (Lipinski definition) is 3. The van der Waals surface area contributed by atoms with Crippen LogP contribution in [0, 0.1) is 10.1 Å². The van der Waals surface area contributed by atoms with Gasteiger partial charge in [-0.05, 0) is 13.0 Å². The second kappa shape index (κ2) is 6.51. The molecule has 21 heavy (non-hydrogen) atoms. The Labute approximate surface area is 124 Å². The zero-order valence-electron chi connectivity index (χ0n) is 11.0. The zero-order valence-corrected chi connectivity index (χ0v) is 11.8. The SMILES string of the molecule is CC(O)(CNC(=O)c1cccc([N+](=O)[O-])c1Cl)CC(=O)O. The van der Waals surface area contributed by atoms with Crippen molar-refractivity contribution in [3.8, 4) is 0 Å². The van der Waals surface area contributed by atoms with Crippen LogP contribution in [0.3, 0.4) is 0 Å². The van der Waals surface area contributed by atoms with E-state index in [-0.39, 0.29) is 17.1 Å². The van der Waals surface area contributed by atoms with Gasteiger partial charge >= 0.3 is 5.97 Å². The van der Waals surface area contributed by atoms with Crippen molar-refractivity contribution in [2.45, 2.75) is 18.9 Å². The largest absolute Gasteiger partial charge is 0.481 e. The maximum absolute atomic E-state index is 11.9. The minimum Gasteiger partial charge on any atom is -0.481 e. The highest BCUT2D eigenvalue weighted by Gasteiger charge is 2.26. The van der Waals surface area contributed by atoms with Crippen LogP contribution in [-0.2, 0) is 4.79 Å². The predicted octanol–water partition coefficient (Wildman–Crippen LogP) is 1.20. The van der Waals surface area contributed by atoms with Gasteiger partial charge in [-0.25, -0.2) is 0 Å². The molecule has 0 bridgehead atoms. The van der Waals surface area contributed by atoms with Gasteiger partial charge in [0.05, 0.1) is 22.5 Å². The van der Waals surface area contributed by atoms with Crippen LogP contribution in [-0.4, -0.2) is 39.2 Å². The number of amides is 1. The Morgan fingerprint density at radius 1 is 1.48 bits per heavy atom. The van der Waals surface area contributed by atoms with E-state index in [1.54, 1.807) is 0 Å². The fourth-order valence-corrected chi connectivity index (χ4v) is 1.87. The molecule has 8 nitrogen and oxygen atoms in total. The van der Waals surface area contributed by atoms with Gasteiger partial charge in [0.2, 0.25) is 0 Å². The predicted molar refractivity (Wildman–Crippen MR) is 73.3 cm³/mol. The molecule has 1 rings (SSSR count). The molecular formula is C12H13ClN2O6. The number of hydrogen-bond acceptors (Lipinski definition) is 5. The summed E-state index contributed by atoms with van der Waals surface area (Å²) in [5, 5.41) is 31.1. The lowest BCUT2D eigenvalue weighted by Crippen LogP contribution is -2.42. The number of carbonyl (C=O) groups is 2. The Bertz CT molecular complexity index is 587. The molecule has 1 atom stereocenters. The van der Waals surface area contributed by atoms with Crippen molar-refractivity contribution in [1.82, 2.24) is 5.32 Å². The van der Waals surface area contributed by atoms with Crippen molar-refractivity contribution >= 4 is 29.2 Å². The average molecular weight is 317 g/mol. The summed E-state index contributed by atoms with van der Waals surface area (Å²) in [4.78, 5) is 32.4. The second-order valence-electron chi connectivity index (χ2n) is 4.65. The van der Waals surface area contributed by atoms with Crippen molar-refractivity contribution in [3.05, 3.63) is 38.9 Å². The minimum absolute atomic E-state index is 0.128. The smallest absolute Gasteiger partial charge is 0.306 e. The molecule has 0 heterocycles. The van der Waals surface area contributed by atoms with Gasteiger partial charge in [-0.2, -0.15) is 0 Å². The molecule has 9 heteroatoms. The van der Waals surface area contributed by atoms with E-state index in [9.17, 15) is 24.8 Å². The maximum atomic E-state index is 11.9. The quantitative estimate of drug-likeness (QED) is 0.534. The lowest BCUT2D eigenvalue weighted by Gasteiger charge is -2.21. The number of carboxylic acid groups (broad SMARTS) is 1. The standard InChI is InChI=1S/C12H13ClN2O6/c1-12(19,5-9(16)17)6-14-11(18)7-3-2-4-8(10(7)13)15(20)21/h2-4,19H,5-6H2,1H3,(H,14,18)(H,16,17). The highest BCUT2D eigenvalue weighted by Crippen LogP contribution is 2.27. The molecule has 0 radical (unpaired) electrons. The van der Waals surface area contributed by atoms with Crippen LogP contribution >= 0.6 is 11.6 Å². The summed E-state index contributed by atoms with van der Waals surface area (Å²) in [6.07, 6.45) is -0.560. The van der Waals surface area contributed by atoms with Crippen molar-refractivity contribution in [1.29, 1.82) is 0 Å². The van der Waals surface area contributed by atoms with E-state index < -0.39 is 34.5 Å². The number of carboxylic acids is 1. The maximum Gasteiger partial charge on any atom is 0.306 e. The van der Waals surface area contributed by atoms with Gasteiger partial charge < -0.3 is 15.5 Å². The Hall–Kier alpha value is -2.19. The van der Waals surface area contributed by atoms with Gasteiger partial charge in [-0.3, -0.25) is 19.7 Å². The number of carbonyl (C=O) groups excluding carboxylic acids is 1. The van der Waals surface area contributed by atoms with E-state index in [1.165, 1.54) is 19.1 Å². The fourth-order valence-electron chi connectivity index (χ4n) is 1.59. The summed E-state index contributed by atoms with van der Waals surface area (Å²) in [7, 11) is 0. The second-order valence-corrected chi connectivity index (χ2v) is 5.02. The number of halogens is 1. The molecule has 0 fully saturated rings. The van der Waals surface area contributed by atoms with Crippen LogP contribution in [0.4, 0.5) is 5.69 Å². The van der Waals surface area contributed by atoms with E-state index >= 15 is 0 Å². The van der Waals surface area contributed by atoms with E-state index in [2.05, 4.69) is 5.32 Å². The topological polar surface area (TPSA) is 130 Å². The summed E-state index contributed by atoms with van der Waals surface area (Å²) in [5.74, 6) is -1.96. The normalized spacial score (nSPS) is 13.3. The van der Waals surface area contributed by atoms with Gasteiger partial charge in [0.1, 0.15) is 5.02 Å². The summed E-state index contributed by atoms with van der Waals surface area (Å²) in [6.45, 7) is 0.910. The molecule has 114 valence electrons. The van der Waals surface area contributed by atoms with E-state index in [0.29, 0.717) is 0 Å². The van der Waals surface area contributed by atoms with Gasteiger partial charge in [-0.15, -0.1) is 0 Å². The van der Waals surface area contributed by atoms with Crippen molar-refractivity contribution in [2.75, 3.05) is 6.54 Å². The van der Waals surface area contributed by atoms with E-state index in [0.717, 1.165) is 6.07 Å². The van der Waals surface area contributed by atoms with E-state index in [1.807, 2.05) is 0 Å². The first kappa shape index (κ1) is 16.9. The first-order valence-electron chi connectivity index (χ1n) is 5.79. The Morgan fingerprint density at radius 2 is 2.10 bits per heavy atom. The van der Waals surface area contributed by atoms with Crippen LogP contribution in [0.15, 0.2) is 18.2 Å². The minimum atomic E-state index is -1.64. The fraction of sp³-hybridized carbons (Fsp3) is 0.333. The van der Waals surface area contributed by atoms with Crippen LogP contribution in [0.5, 0.6) is 0 Å². The number of nitrogens with one attached hydrogen (secondary N) is 1. The molecule has 1 unspecified atom stereocenters. The van der Waals surface area contributed by atoms with Crippen LogP contribution in [0.1, 0.15) is 23.7 Å². The first-order valence-corrected chi connectivity index (χ1v) is 6.17. The summed E-state index contributed by atoms with van der Waals surface area (Å²) >= 11 is 5.77. The number of aliphatic hydroxyl groups is 1. The Balaban J connectivity index is 2.84. The Kier molecular flexibility index (Phi) is 5.23. The molecule has 1 amide bonds. The molecular weight excluding hydrogens is 304 g/mol. The summed E-state index contributed by atoms with van der Waals surface area (Å²) in [6, 6.07) is 3.74. The summed E-state index contributed by atoms with van der Waals surface area (Å²) < 4.78 is 0. The van der Waals surface area contributed by atoms with Crippen molar-refractivity contribution in [3.63, 3.8) is 0 Å². The van der Waals surface area contributed by atoms with Crippen LogP contribution in [0.2, 0.25) is 5.02 Å². The van der Waals surface area contributed by atoms with Crippen LogP contribution in [0.25, 0.3) is 0 Å². The molecule has 0 saturated heterocycles. The number of rotatable bonds is 6. The molecule has 0 aromatic heterocycles. The number of benzene rings is 1. The molecule has 1 aromatic rings. The summed E-state index contributed by atoms with van der Waals surface area (Å²) in [5.41, 5.74) is -2.19. The van der Waals surface area contributed by atoms with Crippen LogP contribution < -0.4 is 5.32 Å². The zero-order chi connectivity index (χ0) is 16.2. The van der Waals surface area contributed by atoms with Gasteiger partial charge in [0.15, 0.2) is 0 Å². The third-order valence-corrected chi connectivity index (χ3v) is 2.98. The highest BCUT2D eigenvalue weighted by atomic mass is 35.5. The van der Waals surface area contributed by atoms with Gasteiger partial charge in [0.25, 0.3) is 11.6 Å². The number of nitro groups is 1. The molecule has 0 aliphatic heterocycles. The monoisotopic (exact) mass is 316 g/mol. The molecule has 0 aliphatic carbocycles. The van der Waals surface area contributed by atoms with Crippen molar-refractivity contribution in [2.24, 2.45) is 0 Å². The first-order chi connectivity index (χ1) is 9.64. The third-order valence-electron chi connectivity index (χ3n) is 2.58. The van der Waals surface area contributed by atoms with E-state index in [4.69, 9.17) is 16.7 Å². The number of aliphatic carboxylic acids is 1. The lowest BCUT2D eigenvalue weighted by molar-refractivity contribution is -0.384. The number of nitrogens with zero attached hydrogens (tertiary/aromatic N) is 1. The third kappa shape index (κ3) is 4.69. The average Bonchev–Trinajstić information content (AvgIpc) is 2.34. The molecule has 0 aliphatic rings. The highest BCUT2D eigenvalue weighted by molar-refractivity contribution is 6.35. The Morgan fingerprint density at radius 3 is 2.62 bits per heavy atom.